The van der Waals surface area contributed by atoms with Crippen LogP contribution in [0.25, 0.3) is 0 Å². The molecule has 0 bridgehead atoms. The molecule has 4 nitrogen and oxygen atoms in total. The molecule has 0 spiro atoms. The third kappa shape index (κ3) is 4.69. The molecule has 1 atom stereocenters. The minimum atomic E-state index is 0.711. The first-order valence-electron chi connectivity index (χ1n) is 7.30. The molecule has 1 unspecified atom stereocenters. The van der Waals surface area contributed by atoms with E-state index in [2.05, 4.69) is 4.90 Å². The Morgan fingerprint density at radius 3 is 2.60 bits per heavy atom. The van der Waals surface area contributed by atoms with Crippen molar-refractivity contribution in [2.75, 3.05) is 47.1 Å². The molecule has 1 aliphatic rings. The van der Waals surface area contributed by atoms with Crippen LogP contribution in [-0.2, 0) is 4.74 Å². The molecule has 2 rings (SSSR count). The molecule has 0 radical (unpaired) electrons. The second-order valence-electron chi connectivity index (χ2n) is 5.29. The Kier molecular flexibility index (Phi) is 6.15. The molecule has 1 aromatic carbocycles. The number of hydrogen-bond acceptors (Lipinski definition) is 4. The predicted molar refractivity (Wildman–Crippen MR) is 79.5 cm³/mol. The van der Waals surface area contributed by atoms with Gasteiger partial charge in [-0.25, -0.2) is 0 Å². The highest BCUT2D eigenvalue weighted by Gasteiger charge is 2.21. The first-order valence-corrected chi connectivity index (χ1v) is 7.30. The summed E-state index contributed by atoms with van der Waals surface area (Å²) in [6, 6.07) is 7.74. The van der Waals surface area contributed by atoms with Crippen LogP contribution in [0.2, 0.25) is 0 Å². The van der Waals surface area contributed by atoms with Gasteiger partial charge >= 0.3 is 0 Å². The van der Waals surface area contributed by atoms with Gasteiger partial charge in [0.05, 0.1) is 20.3 Å². The maximum atomic E-state index is 5.73. The Hall–Kier alpha value is -1.26. The smallest absolute Gasteiger partial charge is 0.119 e. The van der Waals surface area contributed by atoms with Crippen molar-refractivity contribution in [3.05, 3.63) is 24.3 Å². The van der Waals surface area contributed by atoms with Gasteiger partial charge in [0.1, 0.15) is 11.5 Å². The molecule has 112 valence electrons. The van der Waals surface area contributed by atoms with E-state index in [0.29, 0.717) is 5.92 Å². The fourth-order valence-corrected chi connectivity index (χ4v) is 2.64. The molecule has 1 saturated heterocycles. The number of nitrogens with zero attached hydrogens (tertiary/aromatic N) is 1. The summed E-state index contributed by atoms with van der Waals surface area (Å²) in [7, 11) is 3.45. The van der Waals surface area contributed by atoms with Crippen LogP contribution in [0.5, 0.6) is 11.5 Å². The lowest BCUT2D eigenvalue weighted by molar-refractivity contribution is 0.152. The van der Waals surface area contributed by atoms with Crippen LogP contribution in [0.1, 0.15) is 12.8 Å². The zero-order valence-electron chi connectivity index (χ0n) is 12.5. The monoisotopic (exact) mass is 279 g/mol. The fourth-order valence-electron chi connectivity index (χ4n) is 2.64. The summed E-state index contributed by atoms with van der Waals surface area (Å²) >= 11 is 0. The topological polar surface area (TPSA) is 30.9 Å². The van der Waals surface area contributed by atoms with Crippen LogP contribution in [0, 0.1) is 5.92 Å². The molecule has 0 saturated carbocycles. The Morgan fingerprint density at radius 2 is 1.90 bits per heavy atom. The van der Waals surface area contributed by atoms with Gasteiger partial charge in [0.2, 0.25) is 0 Å². The van der Waals surface area contributed by atoms with Gasteiger partial charge in [0, 0.05) is 20.2 Å². The van der Waals surface area contributed by atoms with E-state index in [1.54, 1.807) is 14.2 Å². The Morgan fingerprint density at radius 1 is 1.15 bits per heavy atom. The third-order valence-electron chi connectivity index (χ3n) is 3.72. The zero-order chi connectivity index (χ0) is 14.2. The average Bonchev–Trinajstić information content (AvgIpc) is 2.92. The summed E-state index contributed by atoms with van der Waals surface area (Å²) in [5.74, 6) is 2.48. The number of likely N-dealkylation sites (tertiary alicyclic amines) is 1. The predicted octanol–water partition coefficient (Wildman–Crippen LogP) is 2.43. The third-order valence-corrected chi connectivity index (χ3v) is 3.72. The van der Waals surface area contributed by atoms with Crippen molar-refractivity contribution < 1.29 is 14.2 Å². The number of methoxy groups -OCH3 is 2. The van der Waals surface area contributed by atoms with E-state index in [-0.39, 0.29) is 0 Å². The van der Waals surface area contributed by atoms with Crippen molar-refractivity contribution in [1.82, 2.24) is 4.90 Å². The molecule has 0 aliphatic carbocycles. The first kappa shape index (κ1) is 15.1. The molecule has 1 fully saturated rings. The fraction of sp³-hybridized carbons (Fsp3) is 0.625. The summed E-state index contributed by atoms with van der Waals surface area (Å²) in [6.07, 6.45) is 2.32. The minimum Gasteiger partial charge on any atom is -0.497 e. The zero-order valence-corrected chi connectivity index (χ0v) is 12.5. The summed E-state index contributed by atoms with van der Waals surface area (Å²) in [4.78, 5) is 2.50. The van der Waals surface area contributed by atoms with Crippen molar-refractivity contribution in [2.24, 2.45) is 5.92 Å². The lowest BCUT2D eigenvalue weighted by Crippen LogP contribution is -2.24. The van der Waals surface area contributed by atoms with E-state index in [4.69, 9.17) is 14.2 Å². The Bertz CT molecular complexity index is 380. The molecule has 0 aromatic heterocycles. The van der Waals surface area contributed by atoms with Gasteiger partial charge in [-0.1, -0.05) is 0 Å². The molecule has 1 aliphatic heterocycles. The van der Waals surface area contributed by atoms with Gasteiger partial charge in [-0.3, -0.25) is 0 Å². The molecule has 1 aromatic rings. The van der Waals surface area contributed by atoms with E-state index in [1.165, 1.54) is 13.0 Å². The second kappa shape index (κ2) is 8.12. The van der Waals surface area contributed by atoms with Crippen molar-refractivity contribution in [2.45, 2.75) is 12.8 Å². The van der Waals surface area contributed by atoms with Crippen LogP contribution in [-0.4, -0.2) is 52.0 Å². The quantitative estimate of drug-likeness (QED) is 0.684. The average molecular weight is 279 g/mol. The number of hydrogen-bond donors (Lipinski definition) is 0. The van der Waals surface area contributed by atoms with Crippen molar-refractivity contribution in [3.8, 4) is 11.5 Å². The van der Waals surface area contributed by atoms with Gasteiger partial charge in [0.25, 0.3) is 0 Å². The first-order chi connectivity index (χ1) is 9.81. The van der Waals surface area contributed by atoms with E-state index in [0.717, 1.165) is 44.2 Å². The highest BCUT2D eigenvalue weighted by Crippen LogP contribution is 2.18. The van der Waals surface area contributed by atoms with E-state index < -0.39 is 0 Å². The highest BCUT2D eigenvalue weighted by atomic mass is 16.5. The van der Waals surface area contributed by atoms with Crippen LogP contribution in [0.15, 0.2) is 24.3 Å². The molecule has 4 heteroatoms. The van der Waals surface area contributed by atoms with Crippen LogP contribution >= 0.6 is 0 Å². The minimum absolute atomic E-state index is 0.711. The summed E-state index contributed by atoms with van der Waals surface area (Å²) < 4.78 is 16.1. The molecular formula is C16H25NO3. The number of benzene rings is 1. The molecule has 1 heterocycles. The Labute approximate surface area is 121 Å². The lowest BCUT2D eigenvalue weighted by Gasteiger charge is -2.16. The maximum absolute atomic E-state index is 5.73. The van der Waals surface area contributed by atoms with E-state index in [9.17, 15) is 0 Å². The highest BCUT2D eigenvalue weighted by molar-refractivity contribution is 5.31. The summed E-state index contributed by atoms with van der Waals surface area (Å²) in [5.41, 5.74) is 0. The van der Waals surface area contributed by atoms with Gasteiger partial charge in [0.15, 0.2) is 0 Å². The number of rotatable bonds is 8. The second-order valence-corrected chi connectivity index (χ2v) is 5.29. The largest absolute Gasteiger partial charge is 0.497 e. The SMILES string of the molecule is COCC1CCN(CCCOc2ccc(OC)cc2)C1. The summed E-state index contributed by atoms with van der Waals surface area (Å²) in [5, 5.41) is 0. The normalized spacial score (nSPS) is 19.2. The van der Waals surface area contributed by atoms with Gasteiger partial charge in [-0.2, -0.15) is 0 Å². The number of ether oxygens (including phenoxy) is 3. The Balaban J connectivity index is 1.59. The van der Waals surface area contributed by atoms with Crippen molar-refractivity contribution in [3.63, 3.8) is 0 Å². The van der Waals surface area contributed by atoms with Crippen molar-refractivity contribution in [1.29, 1.82) is 0 Å². The maximum Gasteiger partial charge on any atom is 0.119 e. The van der Waals surface area contributed by atoms with Crippen molar-refractivity contribution >= 4 is 0 Å². The van der Waals surface area contributed by atoms with E-state index >= 15 is 0 Å². The molecule has 0 N–H and O–H groups in total. The van der Waals surface area contributed by atoms with Gasteiger partial charge in [-0.05, 0) is 49.6 Å². The van der Waals surface area contributed by atoms with Crippen LogP contribution < -0.4 is 9.47 Å². The van der Waals surface area contributed by atoms with E-state index in [1.807, 2.05) is 24.3 Å². The molecule has 0 amide bonds. The molecular weight excluding hydrogens is 254 g/mol. The van der Waals surface area contributed by atoms with Gasteiger partial charge < -0.3 is 19.1 Å². The lowest BCUT2D eigenvalue weighted by atomic mass is 10.1. The van der Waals surface area contributed by atoms with Crippen LogP contribution in [0.3, 0.4) is 0 Å². The van der Waals surface area contributed by atoms with Crippen LogP contribution in [0.4, 0.5) is 0 Å². The standard InChI is InChI=1S/C16H25NO3/c1-18-13-14-8-10-17(12-14)9-3-11-20-16-6-4-15(19-2)5-7-16/h4-7,14H,3,8-13H2,1-2H3. The summed E-state index contributed by atoms with van der Waals surface area (Å²) in [6.45, 7) is 5.11. The molecule has 20 heavy (non-hydrogen) atoms. The van der Waals surface area contributed by atoms with Gasteiger partial charge in [-0.15, -0.1) is 0 Å².